The first-order valence-corrected chi connectivity index (χ1v) is 7.83. The molecular formula is C12H15N3O2S. The van der Waals surface area contributed by atoms with Gasteiger partial charge in [0.1, 0.15) is 11.1 Å². The standard InChI is InChI=1S/C12H15N3O2S/c1-8-5-6-9-11(13-8)15-12(14-9)10-4-2-3-7-18(10,16)17/h5-6,10H,2-4,7H2,1H3,(H,13,14,15). The first-order valence-electron chi connectivity index (χ1n) is 6.11. The van der Waals surface area contributed by atoms with Gasteiger partial charge in [0.15, 0.2) is 15.5 Å². The molecule has 1 fully saturated rings. The minimum absolute atomic E-state index is 0.265. The fourth-order valence-corrected chi connectivity index (χ4v) is 4.29. The number of nitrogens with zero attached hydrogens (tertiary/aromatic N) is 2. The molecule has 0 bridgehead atoms. The summed E-state index contributed by atoms with van der Waals surface area (Å²) in [7, 11) is -3.06. The molecule has 1 atom stereocenters. The van der Waals surface area contributed by atoms with Crippen molar-refractivity contribution < 1.29 is 8.42 Å². The van der Waals surface area contributed by atoms with E-state index in [1.165, 1.54) is 0 Å². The van der Waals surface area contributed by atoms with Crippen LogP contribution in [-0.4, -0.2) is 29.1 Å². The lowest BCUT2D eigenvalue weighted by molar-refractivity contribution is 0.540. The molecule has 5 nitrogen and oxygen atoms in total. The van der Waals surface area contributed by atoms with Crippen LogP contribution in [0.2, 0.25) is 0 Å². The Balaban J connectivity index is 2.08. The maximum atomic E-state index is 12.0. The van der Waals surface area contributed by atoms with Crippen LogP contribution in [0.5, 0.6) is 0 Å². The predicted octanol–water partition coefficient (Wildman–Crippen LogP) is 1.91. The van der Waals surface area contributed by atoms with Crippen LogP contribution < -0.4 is 0 Å². The number of nitrogens with one attached hydrogen (secondary N) is 1. The summed E-state index contributed by atoms with van der Waals surface area (Å²) in [6.45, 7) is 1.89. The molecule has 96 valence electrons. The van der Waals surface area contributed by atoms with E-state index in [9.17, 15) is 8.42 Å². The van der Waals surface area contributed by atoms with Gasteiger partial charge in [-0.25, -0.2) is 18.4 Å². The van der Waals surface area contributed by atoms with Crippen molar-refractivity contribution in [3.05, 3.63) is 23.7 Å². The van der Waals surface area contributed by atoms with E-state index in [0.29, 0.717) is 17.9 Å². The molecule has 2 aromatic rings. The highest BCUT2D eigenvalue weighted by Crippen LogP contribution is 2.32. The summed E-state index contributed by atoms with van der Waals surface area (Å²) < 4.78 is 24.1. The quantitative estimate of drug-likeness (QED) is 0.854. The second-order valence-electron chi connectivity index (χ2n) is 4.80. The van der Waals surface area contributed by atoms with E-state index in [0.717, 1.165) is 24.1 Å². The van der Waals surface area contributed by atoms with Gasteiger partial charge in [-0.05, 0) is 31.9 Å². The summed E-state index contributed by atoms with van der Waals surface area (Å²) in [6.07, 6.45) is 2.35. The molecule has 6 heteroatoms. The fourth-order valence-electron chi connectivity index (χ4n) is 2.42. The molecule has 1 N–H and O–H groups in total. The van der Waals surface area contributed by atoms with Gasteiger partial charge in [0.25, 0.3) is 0 Å². The lowest BCUT2D eigenvalue weighted by Gasteiger charge is -2.19. The van der Waals surface area contributed by atoms with Crippen LogP contribution in [0.25, 0.3) is 11.2 Å². The van der Waals surface area contributed by atoms with E-state index in [-0.39, 0.29) is 5.75 Å². The zero-order valence-electron chi connectivity index (χ0n) is 10.2. The molecule has 0 aromatic carbocycles. The molecule has 2 aromatic heterocycles. The van der Waals surface area contributed by atoms with E-state index in [4.69, 9.17) is 0 Å². The molecule has 3 rings (SSSR count). The van der Waals surface area contributed by atoms with Gasteiger partial charge in [-0.15, -0.1) is 0 Å². The van der Waals surface area contributed by atoms with E-state index >= 15 is 0 Å². The van der Waals surface area contributed by atoms with Crippen molar-refractivity contribution in [2.45, 2.75) is 31.4 Å². The SMILES string of the molecule is Cc1ccc2[nH]c(C3CCCCS3(=O)=O)nc2n1. The van der Waals surface area contributed by atoms with Crippen LogP contribution in [0.15, 0.2) is 12.1 Å². The number of H-pyrrole nitrogens is 1. The van der Waals surface area contributed by atoms with Crippen molar-refractivity contribution >= 4 is 21.0 Å². The van der Waals surface area contributed by atoms with Gasteiger partial charge >= 0.3 is 0 Å². The molecule has 18 heavy (non-hydrogen) atoms. The van der Waals surface area contributed by atoms with Crippen LogP contribution in [0.4, 0.5) is 0 Å². The average Bonchev–Trinajstić information content (AvgIpc) is 2.70. The van der Waals surface area contributed by atoms with Gasteiger partial charge in [0, 0.05) is 5.69 Å². The van der Waals surface area contributed by atoms with Crippen LogP contribution in [0.1, 0.15) is 36.0 Å². The number of aromatic amines is 1. The Morgan fingerprint density at radius 1 is 1.28 bits per heavy atom. The van der Waals surface area contributed by atoms with Crippen molar-refractivity contribution in [2.75, 3.05) is 5.75 Å². The Morgan fingerprint density at radius 3 is 2.89 bits per heavy atom. The molecule has 0 saturated carbocycles. The van der Waals surface area contributed by atoms with Crippen molar-refractivity contribution in [3.63, 3.8) is 0 Å². The zero-order chi connectivity index (χ0) is 12.8. The number of rotatable bonds is 1. The lowest BCUT2D eigenvalue weighted by Crippen LogP contribution is -2.22. The maximum absolute atomic E-state index is 12.0. The minimum Gasteiger partial charge on any atom is -0.340 e. The normalized spacial score (nSPS) is 23.3. The summed E-state index contributed by atoms with van der Waals surface area (Å²) in [5, 5.41) is -0.485. The van der Waals surface area contributed by atoms with Gasteiger partial charge in [-0.3, -0.25) is 0 Å². The van der Waals surface area contributed by atoms with Crippen molar-refractivity contribution in [3.8, 4) is 0 Å². The van der Waals surface area contributed by atoms with Crippen molar-refractivity contribution in [1.29, 1.82) is 0 Å². The Labute approximate surface area is 106 Å². The number of hydrogen-bond acceptors (Lipinski definition) is 4. The number of fused-ring (bicyclic) bond motifs is 1. The summed E-state index contributed by atoms with van der Waals surface area (Å²) in [4.78, 5) is 11.7. The Bertz CT molecular complexity index is 690. The zero-order valence-corrected chi connectivity index (χ0v) is 11.0. The summed E-state index contributed by atoms with van der Waals surface area (Å²) >= 11 is 0. The first kappa shape index (κ1) is 11.6. The number of hydrogen-bond donors (Lipinski definition) is 1. The van der Waals surface area contributed by atoms with Gasteiger partial charge in [-0.1, -0.05) is 6.42 Å². The van der Waals surface area contributed by atoms with Crippen LogP contribution in [-0.2, 0) is 9.84 Å². The van der Waals surface area contributed by atoms with E-state index in [1.807, 2.05) is 19.1 Å². The average molecular weight is 265 g/mol. The summed E-state index contributed by atoms with van der Waals surface area (Å²) in [5.74, 6) is 0.809. The Morgan fingerprint density at radius 2 is 2.11 bits per heavy atom. The predicted molar refractivity (Wildman–Crippen MR) is 69.0 cm³/mol. The summed E-state index contributed by atoms with van der Waals surface area (Å²) in [6, 6.07) is 3.78. The Kier molecular flexibility index (Phi) is 2.62. The van der Waals surface area contributed by atoms with Crippen LogP contribution >= 0.6 is 0 Å². The second kappa shape index (κ2) is 4.05. The van der Waals surface area contributed by atoms with Crippen molar-refractivity contribution in [1.82, 2.24) is 15.0 Å². The van der Waals surface area contributed by atoms with E-state index in [1.54, 1.807) is 0 Å². The molecule has 0 aliphatic carbocycles. The highest BCUT2D eigenvalue weighted by Gasteiger charge is 2.32. The molecule has 0 amide bonds. The van der Waals surface area contributed by atoms with Gasteiger partial charge in [0.2, 0.25) is 0 Å². The molecule has 3 heterocycles. The fraction of sp³-hybridized carbons (Fsp3) is 0.500. The molecule has 1 unspecified atom stereocenters. The number of aromatic nitrogens is 3. The van der Waals surface area contributed by atoms with Crippen molar-refractivity contribution in [2.24, 2.45) is 0 Å². The molecule has 1 saturated heterocycles. The highest BCUT2D eigenvalue weighted by atomic mass is 32.2. The van der Waals surface area contributed by atoms with E-state index < -0.39 is 15.1 Å². The smallest absolute Gasteiger partial charge is 0.177 e. The number of imidazole rings is 1. The van der Waals surface area contributed by atoms with Crippen LogP contribution in [0, 0.1) is 6.92 Å². The third kappa shape index (κ3) is 1.90. The van der Waals surface area contributed by atoms with Gasteiger partial charge in [-0.2, -0.15) is 0 Å². The number of aryl methyl sites for hydroxylation is 1. The third-order valence-electron chi connectivity index (χ3n) is 3.39. The number of pyridine rings is 1. The highest BCUT2D eigenvalue weighted by molar-refractivity contribution is 7.91. The largest absolute Gasteiger partial charge is 0.340 e. The lowest BCUT2D eigenvalue weighted by atomic mass is 10.2. The van der Waals surface area contributed by atoms with Crippen LogP contribution in [0.3, 0.4) is 0 Å². The Hall–Kier alpha value is -1.43. The molecule has 1 aliphatic rings. The van der Waals surface area contributed by atoms with Gasteiger partial charge in [0.05, 0.1) is 11.3 Å². The monoisotopic (exact) mass is 265 g/mol. The first-order chi connectivity index (χ1) is 8.56. The van der Waals surface area contributed by atoms with E-state index in [2.05, 4.69) is 15.0 Å². The molecule has 0 spiro atoms. The number of sulfone groups is 1. The molecular weight excluding hydrogens is 250 g/mol. The summed E-state index contributed by atoms with van der Waals surface area (Å²) in [5.41, 5.74) is 2.29. The second-order valence-corrected chi connectivity index (χ2v) is 7.10. The third-order valence-corrected chi connectivity index (χ3v) is 5.57. The topological polar surface area (TPSA) is 75.7 Å². The minimum atomic E-state index is -3.06. The molecule has 0 radical (unpaired) electrons. The maximum Gasteiger partial charge on any atom is 0.177 e. The molecule has 1 aliphatic heterocycles. The van der Waals surface area contributed by atoms with Gasteiger partial charge < -0.3 is 4.98 Å².